The fourth-order valence-electron chi connectivity index (χ4n) is 2.20. The predicted octanol–water partition coefficient (Wildman–Crippen LogP) is 3.62. The molecular weight excluding hydrogens is 260 g/mol. The first-order valence-corrected chi connectivity index (χ1v) is 7.88. The molecule has 1 heterocycles. The summed E-state index contributed by atoms with van der Waals surface area (Å²) in [4.78, 5) is 15.1. The van der Waals surface area contributed by atoms with Gasteiger partial charge in [-0.3, -0.25) is 4.79 Å². The van der Waals surface area contributed by atoms with Crippen LogP contribution >= 0.6 is 11.8 Å². The van der Waals surface area contributed by atoms with E-state index in [4.69, 9.17) is 5.11 Å². The van der Waals surface area contributed by atoms with E-state index in [1.54, 1.807) is 0 Å². The van der Waals surface area contributed by atoms with Crippen molar-refractivity contribution in [3.63, 3.8) is 0 Å². The number of hydrogen-bond acceptors (Lipinski definition) is 3. The summed E-state index contributed by atoms with van der Waals surface area (Å²) in [7, 11) is 0. The van der Waals surface area contributed by atoms with Gasteiger partial charge in [0.25, 0.3) is 0 Å². The van der Waals surface area contributed by atoms with Crippen LogP contribution in [0.15, 0.2) is 11.4 Å². The summed E-state index contributed by atoms with van der Waals surface area (Å²) in [5.74, 6) is -0.0671. The van der Waals surface area contributed by atoms with E-state index in [-0.39, 0.29) is 5.75 Å². The van der Waals surface area contributed by atoms with Gasteiger partial charge in [0, 0.05) is 17.9 Å². The van der Waals surface area contributed by atoms with Crippen molar-refractivity contribution < 1.29 is 9.90 Å². The molecule has 0 bridgehead atoms. The molecule has 0 saturated carbocycles. The number of thioether (sulfide) groups is 1. The Balaban J connectivity index is 2.88. The van der Waals surface area contributed by atoms with Gasteiger partial charge in [-0.2, -0.15) is 0 Å². The molecule has 0 saturated heterocycles. The molecule has 1 rings (SSSR count). The average molecular weight is 284 g/mol. The number of aromatic nitrogens is 2. The van der Waals surface area contributed by atoms with E-state index in [9.17, 15) is 4.79 Å². The number of rotatable bonds is 8. The molecule has 108 valence electrons. The second-order valence-electron chi connectivity index (χ2n) is 5.04. The number of nitrogens with zero attached hydrogens (tertiary/aromatic N) is 2. The molecule has 0 aliphatic carbocycles. The molecule has 0 aliphatic heterocycles. The van der Waals surface area contributed by atoms with Gasteiger partial charge in [-0.15, -0.1) is 0 Å². The zero-order valence-corrected chi connectivity index (χ0v) is 13.0. The van der Waals surface area contributed by atoms with Crippen LogP contribution in [-0.4, -0.2) is 26.4 Å². The quantitative estimate of drug-likeness (QED) is 0.741. The van der Waals surface area contributed by atoms with Gasteiger partial charge >= 0.3 is 5.97 Å². The molecule has 2 atom stereocenters. The molecular formula is C14H24N2O2S. The van der Waals surface area contributed by atoms with E-state index in [1.807, 2.05) is 6.20 Å². The van der Waals surface area contributed by atoms with Crippen LogP contribution in [0, 0.1) is 5.92 Å². The van der Waals surface area contributed by atoms with Crippen molar-refractivity contribution >= 4 is 17.7 Å². The first-order valence-electron chi connectivity index (χ1n) is 6.90. The number of aliphatic carboxylic acids is 1. The van der Waals surface area contributed by atoms with Crippen LogP contribution in [-0.2, 0) is 11.2 Å². The summed E-state index contributed by atoms with van der Waals surface area (Å²) in [6, 6.07) is 0.365. The van der Waals surface area contributed by atoms with E-state index in [1.165, 1.54) is 17.5 Å². The van der Waals surface area contributed by atoms with Crippen LogP contribution in [0.5, 0.6) is 0 Å². The topological polar surface area (TPSA) is 55.1 Å². The maximum atomic E-state index is 10.7. The monoisotopic (exact) mass is 284 g/mol. The lowest BCUT2D eigenvalue weighted by molar-refractivity contribution is -0.133. The number of carboxylic acid groups (broad SMARTS) is 1. The SMILES string of the molecule is CCc1cnc(SCC(=O)O)n1C(C)CC(C)CC. The third-order valence-corrected chi connectivity index (χ3v) is 4.36. The maximum absolute atomic E-state index is 10.7. The van der Waals surface area contributed by atoms with Crippen molar-refractivity contribution in [2.75, 3.05) is 5.75 Å². The largest absolute Gasteiger partial charge is 0.481 e. The van der Waals surface area contributed by atoms with Gasteiger partial charge in [-0.25, -0.2) is 4.98 Å². The van der Waals surface area contributed by atoms with Crippen molar-refractivity contribution in [2.24, 2.45) is 5.92 Å². The van der Waals surface area contributed by atoms with Gasteiger partial charge in [-0.05, 0) is 25.7 Å². The first kappa shape index (κ1) is 16.1. The van der Waals surface area contributed by atoms with Crippen molar-refractivity contribution in [2.45, 2.75) is 58.2 Å². The highest BCUT2D eigenvalue weighted by Gasteiger charge is 2.17. The summed E-state index contributed by atoms with van der Waals surface area (Å²) in [5, 5.41) is 9.62. The molecule has 0 aromatic carbocycles. The predicted molar refractivity (Wildman–Crippen MR) is 78.7 cm³/mol. The van der Waals surface area contributed by atoms with Crippen LogP contribution < -0.4 is 0 Å². The van der Waals surface area contributed by atoms with Crippen molar-refractivity contribution in [3.8, 4) is 0 Å². The third-order valence-electron chi connectivity index (χ3n) is 3.41. The molecule has 0 amide bonds. The number of imidazole rings is 1. The van der Waals surface area contributed by atoms with Crippen LogP contribution in [0.25, 0.3) is 0 Å². The number of hydrogen-bond donors (Lipinski definition) is 1. The molecule has 0 aliphatic rings. The highest BCUT2D eigenvalue weighted by molar-refractivity contribution is 7.99. The van der Waals surface area contributed by atoms with Crippen LogP contribution in [0.4, 0.5) is 0 Å². The number of carboxylic acids is 1. The normalized spacial score (nSPS) is 14.3. The smallest absolute Gasteiger partial charge is 0.313 e. The van der Waals surface area contributed by atoms with Crippen molar-refractivity contribution in [3.05, 3.63) is 11.9 Å². The second kappa shape index (κ2) is 7.58. The Kier molecular flexibility index (Phi) is 6.42. The lowest BCUT2D eigenvalue weighted by atomic mass is 10.00. The molecule has 0 spiro atoms. The Morgan fingerprint density at radius 2 is 2.16 bits per heavy atom. The third kappa shape index (κ3) is 4.56. The Morgan fingerprint density at radius 1 is 1.47 bits per heavy atom. The summed E-state index contributed by atoms with van der Waals surface area (Å²) in [6.45, 7) is 8.75. The van der Waals surface area contributed by atoms with E-state index in [0.717, 1.165) is 24.4 Å². The first-order chi connectivity index (χ1) is 8.99. The highest BCUT2D eigenvalue weighted by Crippen LogP contribution is 2.28. The van der Waals surface area contributed by atoms with E-state index in [2.05, 4.69) is 37.2 Å². The highest BCUT2D eigenvalue weighted by atomic mass is 32.2. The lowest BCUT2D eigenvalue weighted by Gasteiger charge is -2.21. The summed E-state index contributed by atoms with van der Waals surface area (Å²) < 4.78 is 2.21. The minimum atomic E-state index is -0.799. The summed E-state index contributed by atoms with van der Waals surface area (Å²) in [5.41, 5.74) is 1.18. The minimum absolute atomic E-state index is 0.0657. The Bertz CT molecular complexity index is 418. The molecule has 4 nitrogen and oxygen atoms in total. The van der Waals surface area contributed by atoms with Crippen LogP contribution in [0.1, 0.15) is 52.3 Å². The second-order valence-corrected chi connectivity index (χ2v) is 5.98. The molecule has 2 unspecified atom stereocenters. The van der Waals surface area contributed by atoms with E-state index < -0.39 is 5.97 Å². The molecule has 1 aromatic heterocycles. The number of aryl methyl sites for hydroxylation is 1. The van der Waals surface area contributed by atoms with E-state index >= 15 is 0 Å². The maximum Gasteiger partial charge on any atom is 0.313 e. The average Bonchev–Trinajstić information content (AvgIpc) is 2.78. The zero-order valence-electron chi connectivity index (χ0n) is 12.2. The van der Waals surface area contributed by atoms with Crippen LogP contribution in [0.2, 0.25) is 0 Å². The Labute approximate surface area is 119 Å². The Morgan fingerprint density at radius 3 is 2.68 bits per heavy atom. The molecule has 5 heteroatoms. The van der Waals surface area contributed by atoms with Gasteiger partial charge in [-0.1, -0.05) is 39.0 Å². The van der Waals surface area contributed by atoms with Gasteiger partial charge in [0.15, 0.2) is 5.16 Å². The minimum Gasteiger partial charge on any atom is -0.481 e. The van der Waals surface area contributed by atoms with Crippen molar-refractivity contribution in [1.29, 1.82) is 0 Å². The standard InChI is InChI=1S/C14H24N2O2S/c1-5-10(3)7-11(4)16-12(6-2)8-15-14(16)19-9-13(17)18/h8,10-11H,5-7,9H2,1-4H3,(H,17,18). The summed E-state index contributed by atoms with van der Waals surface area (Å²) >= 11 is 1.31. The molecule has 0 radical (unpaired) electrons. The van der Waals surface area contributed by atoms with Gasteiger partial charge in [0.05, 0.1) is 5.75 Å². The van der Waals surface area contributed by atoms with Gasteiger partial charge in [0.1, 0.15) is 0 Å². The fourth-order valence-corrected chi connectivity index (χ4v) is 3.01. The Hall–Kier alpha value is -0.970. The molecule has 0 fully saturated rings. The summed E-state index contributed by atoms with van der Waals surface area (Å²) in [6.07, 6.45) is 5.06. The molecule has 19 heavy (non-hydrogen) atoms. The van der Waals surface area contributed by atoms with Crippen molar-refractivity contribution in [1.82, 2.24) is 9.55 Å². The van der Waals surface area contributed by atoms with Gasteiger partial charge < -0.3 is 9.67 Å². The lowest BCUT2D eigenvalue weighted by Crippen LogP contribution is -2.13. The van der Waals surface area contributed by atoms with Gasteiger partial charge in [0.2, 0.25) is 0 Å². The van der Waals surface area contributed by atoms with E-state index in [0.29, 0.717) is 12.0 Å². The fraction of sp³-hybridized carbons (Fsp3) is 0.714. The zero-order chi connectivity index (χ0) is 14.4. The van der Waals surface area contributed by atoms with Crippen LogP contribution in [0.3, 0.4) is 0 Å². The molecule has 1 N–H and O–H groups in total. The number of carbonyl (C=O) groups is 1. The molecule has 1 aromatic rings.